The van der Waals surface area contributed by atoms with Gasteiger partial charge >= 0.3 is 0 Å². The van der Waals surface area contributed by atoms with E-state index in [1.54, 1.807) is 10.7 Å². The van der Waals surface area contributed by atoms with Crippen molar-refractivity contribution < 1.29 is 18.7 Å². The van der Waals surface area contributed by atoms with Gasteiger partial charge in [0.1, 0.15) is 11.4 Å². The van der Waals surface area contributed by atoms with E-state index in [1.165, 1.54) is 16.2 Å². The number of piperidine rings is 1. The van der Waals surface area contributed by atoms with Crippen molar-refractivity contribution in [2.75, 3.05) is 18.4 Å². The van der Waals surface area contributed by atoms with Crippen molar-refractivity contribution in [1.29, 1.82) is 0 Å². The number of amides is 1. The van der Waals surface area contributed by atoms with Crippen molar-refractivity contribution in [2.45, 2.75) is 45.6 Å². The molecule has 1 unspecified atom stereocenters. The Morgan fingerprint density at radius 3 is 2.90 bits per heavy atom. The van der Waals surface area contributed by atoms with Crippen LogP contribution in [0.25, 0.3) is 16.0 Å². The molecular formula is C20H23F2N5O2S. The lowest BCUT2D eigenvalue weighted by molar-refractivity contribution is -0.134. The molecule has 1 aliphatic rings. The van der Waals surface area contributed by atoms with E-state index in [9.17, 15) is 18.7 Å². The second-order valence-electron chi connectivity index (χ2n) is 7.65. The maximum atomic E-state index is 12.5. The number of carbonyl (C=O) groups excluding carboxylic acids is 1. The van der Waals surface area contributed by atoms with Crippen LogP contribution in [-0.2, 0) is 4.79 Å². The van der Waals surface area contributed by atoms with Crippen molar-refractivity contribution in [3.63, 3.8) is 0 Å². The monoisotopic (exact) mass is 435 g/mol. The highest BCUT2D eigenvalue weighted by atomic mass is 32.1. The molecule has 10 heteroatoms. The van der Waals surface area contributed by atoms with Crippen molar-refractivity contribution in [2.24, 2.45) is 0 Å². The predicted octanol–water partition coefficient (Wildman–Crippen LogP) is 3.86. The molecule has 1 aliphatic heterocycles. The minimum absolute atomic E-state index is 0.0360. The molecule has 30 heavy (non-hydrogen) atoms. The number of nitrogens with one attached hydrogen (secondary N) is 1. The fourth-order valence-corrected chi connectivity index (χ4v) is 4.79. The summed E-state index contributed by atoms with van der Waals surface area (Å²) in [4.78, 5) is 17.9. The third kappa shape index (κ3) is 4.23. The summed E-state index contributed by atoms with van der Waals surface area (Å²) < 4.78 is 27.5. The lowest BCUT2D eigenvalue weighted by Gasteiger charge is -2.33. The van der Waals surface area contributed by atoms with Gasteiger partial charge in [-0.1, -0.05) is 17.4 Å². The van der Waals surface area contributed by atoms with Crippen molar-refractivity contribution in [3.8, 4) is 11.4 Å². The van der Waals surface area contributed by atoms with Gasteiger partial charge in [0.15, 0.2) is 10.8 Å². The second-order valence-corrected chi connectivity index (χ2v) is 8.68. The SMILES string of the molecule is Cc1cc(C)c(-n2cc3sc(NC4CCCN(C(=O)CC(F)F)C4)nc3n2)c(O)c1. The molecule has 160 valence electrons. The van der Waals surface area contributed by atoms with Gasteiger partial charge in [0, 0.05) is 19.1 Å². The highest BCUT2D eigenvalue weighted by Crippen LogP contribution is 2.31. The summed E-state index contributed by atoms with van der Waals surface area (Å²) in [5.41, 5.74) is 3.07. The predicted molar refractivity (Wildman–Crippen MR) is 112 cm³/mol. The number of anilines is 1. The molecule has 3 aromatic rings. The molecule has 1 fully saturated rings. The number of likely N-dealkylation sites (tertiary alicyclic amines) is 1. The average molecular weight is 436 g/mol. The largest absolute Gasteiger partial charge is 0.506 e. The average Bonchev–Trinajstić information content (AvgIpc) is 3.19. The summed E-state index contributed by atoms with van der Waals surface area (Å²) in [6.07, 6.45) is 0.0758. The molecule has 1 aromatic carbocycles. The Morgan fingerprint density at radius 2 is 2.20 bits per heavy atom. The Bertz CT molecular complexity index is 1030. The third-order valence-electron chi connectivity index (χ3n) is 5.16. The van der Waals surface area contributed by atoms with E-state index in [4.69, 9.17) is 0 Å². The fourth-order valence-electron chi connectivity index (χ4n) is 3.89. The molecule has 7 nitrogen and oxygen atoms in total. The Labute approximate surface area is 176 Å². The van der Waals surface area contributed by atoms with E-state index >= 15 is 0 Å². The zero-order valence-corrected chi connectivity index (χ0v) is 17.5. The lowest BCUT2D eigenvalue weighted by Crippen LogP contribution is -2.45. The first-order chi connectivity index (χ1) is 14.3. The number of hydrogen-bond acceptors (Lipinski definition) is 6. The summed E-state index contributed by atoms with van der Waals surface area (Å²) in [5, 5.41) is 18.8. The van der Waals surface area contributed by atoms with Crippen molar-refractivity contribution >= 4 is 32.7 Å². The van der Waals surface area contributed by atoms with E-state index in [-0.39, 0.29) is 11.8 Å². The zero-order chi connectivity index (χ0) is 21.4. The minimum Gasteiger partial charge on any atom is -0.506 e. The van der Waals surface area contributed by atoms with E-state index in [2.05, 4.69) is 15.4 Å². The molecule has 0 saturated carbocycles. The molecule has 2 N–H and O–H groups in total. The van der Waals surface area contributed by atoms with Crippen LogP contribution in [0, 0.1) is 13.8 Å². The topological polar surface area (TPSA) is 83.3 Å². The maximum absolute atomic E-state index is 12.5. The Hall–Kier alpha value is -2.75. The second kappa shape index (κ2) is 8.17. The number of aromatic hydroxyl groups is 1. The highest BCUT2D eigenvalue weighted by Gasteiger charge is 2.26. The van der Waals surface area contributed by atoms with Gasteiger partial charge in [-0.2, -0.15) is 4.98 Å². The van der Waals surface area contributed by atoms with Crippen LogP contribution in [0.1, 0.15) is 30.4 Å². The summed E-state index contributed by atoms with van der Waals surface area (Å²) in [5.74, 6) is -0.345. The molecule has 2 aromatic heterocycles. The number of alkyl halides is 2. The van der Waals surface area contributed by atoms with Gasteiger partial charge in [-0.3, -0.25) is 4.79 Å². The van der Waals surface area contributed by atoms with Crippen LogP contribution in [0.5, 0.6) is 5.75 Å². The zero-order valence-electron chi connectivity index (χ0n) is 16.7. The van der Waals surface area contributed by atoms with Crippen LogP contribution >= 0.6 is 11.3 Å². The van der Waals surface area contributed by atoms with E-state index in [0.717, 1.165) is 28.7 Å². The number of phenols is 1. The Balaban J connectivity index is 1.48. The van der Waals surface area contributed by atoms with E-state index in [0.29, 0.717) is 29.6 Å². The van der Waals surface area contributed by atoms with Crippen molar-refractivity contribution in [3.05, 3.63) is 29.5 Å². The first-order valence-electron chi connectivity index (χ1n) is 9.79. The van der Waals surface area contributed by atoms with Crippen LogP contribution in [-0.4, -0.2) is 56.2 Å². The molecule has 0 radical (unpaired) electrons. The molecule has 3 heterocycles. The normalized spacial score (nSPS) is 17.1. The number of aryl methyl sites for hydroxylation is 2. The summed E-state index contributed by atoms with van der Waals surface area (Å²) in [6.45, 7) is 4.74. The number of hydrogen-bond donors (Lipinski definition) is 2. The number of nitrogens with zero attached hydrogens (tertiary/aromatic N) is 4. The third-order valence-corrected chi connectivity index (χ3v) is 6.07. The molecule has 1 atom stereocenters. The molecular weight excluding hydrogens is 412 g/mol. The van der Waals surface area contributed by atoms with Crippen molar-refractivity contribution in [1.82, 2.24) is 19.7 Å². The Kier molecular flexibility index (Phi) is 5.59. The standard InChI is InChI=1S/C20H23F2N5O2S/c1-11-6-12(2)18(14(28)7-11)27-10-15-19(25-27)24-20(30-15)23-13-4-3-5-26(9-13)17(29)8-16(21)22/h6-7,10,13,16,28H,3-5,8-9H2,1-2H3,(H,23,24,25). The van der Waals surface area contributed by atoms with Crippen LogP contribution < -0.4 is 5.32 Å². The summed E-state index contributed by atoms with van der Waals surface area (Å²) in [6, 6.07) is 3.64. The number of carbonyl (C=O) groups is 1. The lowest BCUT2D eigenvalue weighted by atomic mass is 10.1. The molecule has 4 rings (SSSR count). The van der Waals surface area contributed by atoms with Gasteiger partial charge in [0.2, 0.25) is 12.3 Å². The van der Waals surface area contributed by atoms with Gasteiger partial charge in [-0.05, 0) is 43.9 Å². The fraction of sp³-hybridized carbons (Fsp3) is 0.450. The molecule has 0 aliphatic carbocycles. The number of phenolic OH excluding ortho intramolecular Hbond substituents is 1. The van der Waals surface area contributed by atoms with Gasteiger partial charge in [-0.15, -0.1) is 5.10 Å². The number of thiazole rings is 1. The van der Waals surface area contributed by atoms with Gasteiger partial charge < -0.3 is 15.3 Å². The summed E-state index contributed by atoms with van der Waals surface area (Å²) in [7, 11) is 0. The van der Waals surface area contributed by atoms with Crippen LogP contribution in [0.3, 0.4) is 0 Å². The first-order valence-corrected chi connectivity index (χ1v) is 10.6. The maximum Gasteiger partial charge on any atom is 0.247 e. The van der Waals surface area contributed by atoms with Gasteiger partial charge in [0.25, 0.3) is 0 Å². The number of halogens is 2. The number of rotatable bonds is 5. The van der Waals surface area contributed by atoms with Gasteiger partial charge in [-0.25, -0.2) is 13.5 Å². The smallest absolute Gasteiger partial charge is 0.247 e. The number of fused-ring (bicyclic) bond motifs is 1. The quantitative estimate of drug-likeness (QED) is 0.636. The first kappa shape index (κ1) is 20.5. The van der Waals surface area contributed by atoms with E-state index < -0.39 is 18.8 Å². The van der Waals surface area contributed by atoms with Crippen LogP contribution in [0.2, 0.25) is 0 Å². The van der Waals surface area contributed by atoms with Crippen LogP contribution in [0.15, 0.2) is 18.3 Å². The molecule has 0 bridgehead atoms. The number of aromatic nitrogens is 3. The Morgan fingerprint density at radius 1 is 1.40 bits per heavy atom. The van der Waals surface area contributed by atoms with E-state index in [1.807, 2.05) is 26.1 Å². The number of benzene rings is 1. The highest BCUT2D eigenvalue weighted by molar-refractivity contribution is 7.22. The molecule has 1 amide bonds. The minimum atomic E-state index is -2.62. The molecule has 0 spiro atoms. The summed E-state index contributed by atoms with van der Waals surface area (Å²) >= 11 is 1.43. The van der Waals surface area contributed by atoms with Gasteiger partial charge in [0.05, 0.1) is 17.3 Å². The van der Waals surface area contributed by atoms with Crippen LogP contribution in [0.4, 0.5) is 13.9 Å². The molecule has 1 saturated heterocycles.